The Morgan fingerprint density at radius 3 is 2.90 bits per heavy atom. The maximum absolute atomic E-state index is 11.9. The van der Waals surface area contributed by atoms with Crippen molar-refractivity contribution in [2.24, 2.45) is 5.92 Å². The van der Waals surface area contributed by atoms with Crippen molar-refractivity contribution in [3.05, 3.63) is 29.0 Å². The minimum atomic E-state index is -0.165. The maximum atomic E-state index is 11.9. The van der Waals surface area contributed by atoms with Crippen molar-refractivity contribution in [1.29, 1.82) is 0 Å². The fourth-order valence-corrected chi connectivity index (χ4v) is 2.82. The van der Waals surface area contributed by atoms with Crippen LogP contribution in [-0.4, -0.2) is 35.3 Å². The largest absolute Gasteiger partial charge is 0.396 e. The molecule has 2 rings (SSSR count). The number of carbonyl (C=O) groups excluding carboxylic acids is 1. The van der Waals surface area contributed by atoms with Crippen LogP contribution in [-0.2, 0) is 6.42 Å². The molecule has 2 amide bonds. The van der Waals surface area contributed by atoms with Gasteiger partial charge in [0.15, 0.2) is 0 Å². The number of nitrogens with one attached hydrogen (secondary N) is 2. The molecule has 0 radical (unpaired) electrons. The normalized spacial score (nSPS) is 21.8. The molecule has 0 aliphatic heterocycles. The van der Waals surface area contributed by atoms with Gasteiger partial charge in [-0.3, -0.25) is 0 Å². The summed E-state index contributed by atoms with van der Waals surface area (Å²) in [5.41, 5.74) is 1.03. The fourth-order valence-electron chi connectivity index (χ4n) is 2.71. The summed E-state index contributed by atoms with van der Waals surface area (Å²) in [5.74, 6) is 0.185. The highest BCUT2D eigenvalue weighted by Gasteiger charge is 2.25. The van der Waals surface area contributed by atoms with E-state index >= 15 is 0 Å². The molecule has 21 heavy (non-hydrogen) atoms. The van der Waals surface area contributed by atoms with Gasteiger partial charge in [0.2, 0.25) is 0 Å². The molecule has 5 nitrogen and oxygen atoms in total. The third-order valence-corrected chi connectivity index (χ3v) is 4.17. The monoisotopic (exact) mass is 311 g/mol. The lowest BCUT2D eigenvalue weighted by atomic mass is 9.85. The second kappa shape index (κ2) is 8.20. The van der Waals surface area contributed by atoms with Crippen molar-refractivity contribution in [3.8, 4) is 0 Å². The molecule has 2 atom stereocenters. The van der Waals surface area contributed by atoms with E-state index in [9.17, 15) is 9.90 Å². The van der Waals surface area contributed by atoms with Gasteiger partial charge in [-0.25, -0.2) is 9.78 Å². The quantitative estimate of drug-likeness (QED) is 0.729. The molecule has 1 aliphatic rings. The van der Waals surface area contributed by atoms with Crippen molar-refractivity contribution < 1.29 is 9.90 Å². The first kappa shape index (κ1) is 16.0. The van der Waals surface area contributed by atoms with Gasteiger partial charge in [0.1, 0.15) is 5.15 Å². The predicted octanol–water partition coefficient (Wildman–Crippen LogP) is 2.13. The van der Waals surface area contributed by atoms with E-state index in [1.165, 1.54) is 0 Å². The van der Waals surface area contributed by atoms with Crippen LogP contribution in [0.15, 0.2) is 18.3 Å². The molecule has 1 aromatic rings. The van der Waals surface area contributed by atoms with Crippen molar-refractivity contribution in [3.63, 3.8) is 0 Å². The second-order valence-electron chi connectivity index (χ2n) is 5.47. The van der Waals surface area contributed by atoms with Crippen LogP contribution in [0.25, 0.3) is 0 Å². The SMILES string of the molecule is O=C(NCCc1ccc(Cl)nc1)NC1CCCCC1CO. The molecule has 2 unspecified atom stereocenters. The number of amides is 2. The van der Waals surface area contributed by atoms with Crippen LogP contribution in [0.5, 0.6) is 0 Å². The van der Waals surface area contributed by atoms with E-state index in [2.05, 4.69) is 15.6 Å². The zero-order valence-electron chi connectivity index (χ0n) is 12.0. The van der Waals surface area contributed by atoms with E-state index in [0.29, 0.717) is 18.1 Å². The Balaban J connectivity index is 1.70. The van der Waals surface area contributed by atoms with Gasteiger partial charge >= 0.3 is 6.03 Å². The molecular weight excluding hydrogens is 290 g/mol. The first-order chi connectivity index (χ1) is 10.2. The second-order valence-corrected chi connectivity index (χ2v) is 5.86. The Morgan fingerprint density at radius 2 is 2.19 bits per heavy atom. The van der Waals surface area contributed by atoms with Gasteiger partial charge in [0.25, 0.3) is 0 Å². The van der Waals surface area contributed by atoms with Crippen LogP contribution in [0.3, 0.4) is 0 Å². The first-order valence-electron chi connectivity index (χ1n) is 7.44. The topological polar surface area (TPSA) is 74.2 Å². The maximum Gasteiger partial charge on any atom is 0.315 e. The molecule has 6 heteroatoms. The Morgan fingerprint density at radius 1 is 1.38 bits per heavy atom. The summed E-state index contributed by atoms with van der Waals surface area (Å²) in [5, 5.41) is 15.6. The number of pyridine rings is 1. The molecule has 1 aliphatic carbocycles. The minimum Gasteiger partial charge on any atom is -0.396 e. The van der Waals surface area contributed by atoms with Gasteiger partial charge in [-0.2, -0.15) is 0 Å². The Hall–Kier alpha value is -1.33. The molecule has 0 bridgehead atoms. The Bertz CT molecular complexity index is 453. The first-order valence-corrected chi connectivity index (χ1v) is 7.82. The molecule has 116 valence electrons. The summed E-state index contributed by atoms with van der Waals surface area (Å²) in [7, 11) is 0. The smallest absolute Gasteiger partial charge is 0.315 e. The van der Waals surface area contributed by atoms with Gasteiger partial charge < -0.3 is 15.7 Å². The lowest BCUT2D eigenvalue weighted by Gasteiger charge is -2.30. The summed E-state index contributed by atoms with van der Waals surface area (Å²) in [4.78, 5) is 15.9. The molecule has 1 aromatic heterocycles. The molecule has 3 N–H and O–H groups in total. The lowest BCUT2D eigenvalue weighted by molar-refractivity contribution is 0.154. The van der Waals surface area contributed by atoms with Crippen LogP contribution >= 0.6 is 11.6 Å². The average Bonchev–Trinajstić information content (AvgIpc) is 2.50. The number of aromatic nitrogens is 1. The standard InChI is InChI=1S/C15H22ClN3O2/c16-14-6-5-11(9-18-14)7-8-17-15(21)19-13-4-2-1-3-12(13)10-20/h5-6,9,12-13,20H,1-4,7-8,10H2,(H2,17,19,21). The molecule has 1 fully saturated rings. The average molecular weight is 312 g/mol. The van der Waals surface area contributed by atoms with Crippen molar-refractivity contribution in [2.45, 2.75) is 38.1 Å². The number of aliphatic hydroxyl groups excluding tert-OH is 1. The number of carbonyl (C=O) groups is 1. The van der Waals surface area contributed by atoms with Crippen LogP contribution in [0.1, 0.15) is 31.2 Å². The van der Waals surface area contributed by atoms with E-state index in [-0.39, 0.29) is 24.6 Å². The zero-order chi connectivity index (χ0) is 15.1. The van der Waals surface area contributed by atoms with Gasteiger partial charge in [-0.15, -0.1) is 0 Å². The highest BCUT2D eigenvalue weighted by Crippen LogP contribution is 2.23. The summed E-state index contributed by atoms with van der Waals surface area (Å²) in [6.45, 7) is 0.688. The fraction of sp³-hybridized carbons (Fsp3) is 0.600. The number of rotatable bonds is 5. The number of aliphatic hydroxyl groups is 1. The Kier molecular flexibility index (Phi) is 6.26. The molecule has 0 saturated heterocycles. The summed E-state index contributed by atoms with van der Waals surface area (Å²) < 4.78 is 0. The van der Waals surface area contributed by atoms with E-state index in [4.69, 9.17) is 11.6 Å². The van der Waals surface area contributed by atoms with E-state index in [1.807, 2.05) is 6.07 Å². The highest BCUT2D eigenvalue weighted by molar-refractivity contribution is 6.29. The van der Waals surface area contributed by atoms with Crippen molar-refractivity contribution >= 4 is 17.6 Å². The lowest BCUT2D eigenvalue weighted by Crippen LogP contribution is -2.48. The molecule has 1 saturated carbocycles. The molecule has 1 heterocycles. The third-order valence-electron chi connectivity index (χ3n) is 3.95. The predicted molar refractivity (Wildman–Crippen MR) is 82.3 cm³/mol. The number of nitrogens with zero attached hydrogens (tertiary/aromatic N) is 1. The van der Waals surface area contributed by atoms with Gasteiger partial charge in [0.05, 0.1) is 0 Å². The number of urea groups is 1. The highest BCUT2D eigenvalue weighted by atomic mass is 35.5. The van der Waals surface area contributed by atoms with Gasteiger partial charge in [-0.05, 0) is 30.9 Å². The van der Waals surface area contributed by atoms with Crippen LogP contribution in [0.2, 0.25) is 5.15 Å². The van der Waals surface area contributed by atoms with Crippen LogP contribution in [0, 0.1) is 5.92 Å². The van der Waals surface area contributed by atoms with Crippen LogP contribution < -0.4 is 10.6 Å². The molecular formula is C15H22ClN3O2. The van der Waals surface area contributed by atoms with Crippen molar-refractivity contribution in [2.75, 3.05) is 13.2 Å². The van der Waals surface area contributed by atoms with Crippen LogP contribution in [0.4, 0.5) is 4.79 Å². The van der Waals surface area contributed by atoms with E-state index in [1.54, 1.807) is 12.3 Å². The zero-order valence-corrected chi connectivity index (χ0v) is 12.8. The Labute approximate surface area is 130 Å². The number of halogens is 1. The third kappa shape index (κ3) is 5.17. The summed E-state index contributed by atoms with van der Waals surface area (Å²) in [6, 6.07) is 3.56. The number of hydrogen-bond acceptors (Lipinski definition) is 3. The van der Waals surface area contributed by atoms with E-state index in [0.717, 1.165) is 31.2 Å². The van der Waals surface area contributed by atoms with Gasteiger partial charge in [0, 0.05) is 31.3 Å². The minimum absolute atomic E-state index is 0.0842. The summed E-state index contributed by atoms with van der Waals surface area (Å²) in [6.07, 6.45) is 6.60. The van der Waals surface area contributed by atoms with Gasteiger partial charge in [-0.1, -0.05) is 30.5 Å². The summed E-state index contributed by atoms with van der Waals surface area (Å²) >= 11 is 5.72. The molecule has 0 aromatic carbocycles. The van der Waals surface area contributed by atoms with Crippen molar-refractivity contribution in [1.82, 2.24) is 15.6 Å². The molecule has 0 spiro atoms. The number of hydrogen-bond donors (Lipinski definition) is 3. The van der Waals surface area contributed by atoms with E-state index < -0.39 is 0 Å².